The highest BCUT2D eigenvalue weighted by molar-refractivity contribution is 7.04. The Kier molecular flexibility index (Phi) is 4.65. The van der Waals surface area contributed by atoms with Crippen LogP contribution in [-0.2, 0) is 0 Å². The largest absolute Gasteiger partial charge is 0.457 e. The third-order valence-electron chi connectivity index (χ3n) is 5.78. The third-order valence-corrected chi connectivity index (χ3v) is 9.72. The number of benzene rings is 4. The maximum atomic E-state index is 6.96. The highest BCUT2D eigenvalue weighted by Gasteiger charge is 2.38. The van der Waals surface area contributed by atoms with Crippen LogP contribution in [0, 0.1) is 0 Å². The summed E-state index contributed by atoms with van der Waals surface area (Å²) in [5.41, 5.74) is 4.31. The molecule has 0 aromatic heterocycles. The summed E-state index contributed by atoms with van der Waals surface area (Å²) < 4.78 is 5.97. The Labute approximate surface area is 183 Å². The summed E-state index contributed by atoms with van der Waals surface area (Å²) in [6, 6.07) is 30.8. The lowest BCUT2D eigenvalue weighted by Gasteiger charge is -2.19. The predicted molar refractivity (Wildman–Crippen MR) is 130 cm³/mol. The zero-order valence-electron chi connectivity index (χ0n) is 16.9. The van der Waals surface area contributed by atoms with E-state index in [2.05, 4.69) is 54.8 Å². The van der Waals surface area contributed by atoms with Gasteiger partial charge in [-0.2, -0.15) is 0 Å². The number of fused-ring (bicyclic) bond motifs is 3. The van der Waals surface area contributed by atoms with Gasteiger partial charge in [-0.3, -0.25) is 0 Å². The summed E-state index contributed by atoms with van der Waals surface area (Å²) in [5, 5.41) is 7.13. The van der Waals surface area contributed by atoms with Crippen molar-refractivity contribution in [1.82, 2.24) is 0 Å². The van der Waals surface area contributed by atoms with Gasteiger partial charge in [0.25, 0.3) is 0 Å². The van der Waals surface area contributed by atoms with Crippen molar-refractivity contribution >= 4 is 41.4 Å². The van der Waals surface area contributed by atoms with Crippen LogP contribution in [0.4, 0.5) is 11.4 Å². The standard InChI is InChI=1S/C26H22ClNOSi/c1-30(2)23-14-7-6-13-21(23)25-24(30)16-15-22(26(25)27)28-18-9-8-12-20(17-18)29-19-10-4-3-5-11-19/h3-17,28H,1-2H3. The van der Waals surface area contributed by atoms with E-state index in [1.807, 2.05) is 54.6 Å². The molecular formula is C26H22ClNOSi. The van der Waals surface area contributed by atoms with E-state index in [0.717, 1.165) is 27.9 Å². The Morgan fingerprint density at radius 2 is 1.47 bits per heavy atom. The molecular weight excluding hydrogens is 406 g/mol. The molecule has 5 rings (SSSR count). The minimum absolute atomic E-state index is 0.780. The fourth-order valence-electron chi connectivity index (χ4n) is 4.27. The molecule has 0 aliphatic carbocycles. The van der Waals surface area contributed by atoms with Gasteiger partial charge in [0.15, 0.2) is 0 Å². The van der Waals surface area contributed by atoms with Crippen LogP contribution in [0.3, 0.4) is 0 Å². The quantitative estimate of drug-likeness (QED) is 0.367. The first-order valence-electron chi connectivity index (χ1n) is 10.1. The molecule has 0 saturated carbocycles. The minimum atomic E-state index is -1.71. The van der Waals surface area contributed by atoms with Crippen LogP contribution in [0.1, 0.15) is 0 Å². The summed E-state index contributed by atoms with van der Waals surface area (Å²) in [6.45, 7) is 4.79. The number of rotatable bonds is 4. The van der Waals surface area contributed by atoms with Crippen molar-refractivity contribution in [1.29, 1.82) is 0 Å². The van der Waals surface area contributed by atoms with Gasteiger partial charge in [0, 0.05) is 17.3 Å². The van der Waals surface area contributed by atoms with Crippen molar-refractivity contribution in [3.05, 3.63) is 96.0 Å². The molecule has 4 heteroatoms. The number of anilines is 2. The van der Waals surface area contributed by atoms with Crippen molar-refractivity contribution < 1.29 is 4.74 Å². The summed E-state index contributed by atoms with van der Waals surface area (Å²) in [4.78, 5) is 0. The zero-order valence-corrected chi connectivity index (χ0v) is 18.7. The fraction of sp³-hybridized carbons (Fsp3) is 0.0769. The van der Waals surface area contributed by atoms with Crippen LogP contribution in [0.15, 0.2) is 91.0 Å². The van der Waals surface area contributed by atoms with Crippen LogP contribution in [0.2, 0.25) is 18.1 Å². The number of hydrogen-bond donors (Lipinski definition) is 1. The van der Waals surface area contributed by atoms with Gasteiger partial charge >= 0.3 is 0 Å². The first-order chi connectivity index (χ1) is 14.5. The van der Waals surface area contributed by atoms with Gasteiger partial charge in [0.05, 0.1) is 10.7 Å². The highest BCUT2D eigenvalue weighted by atomic mass is 35.5. The van der Waals surface area contributed by atoms with Crippen LogP contribution in [-0.4, -0.2) is 8.07 Å². The van der Waals surface area contributed by atoms with Crippen LogP contribution in [0.25, 0.3) is 11.1 Å². The molecule has 0 saturated heterocycles. The Hall–Kier alpha value is -3.01. The second-order valence-electron chi connectivity index (χ2n) is 8.09. The maximum Gasteiger partial charge on any atom is 0.129 e. The van der Waals surface area contributed by atoms with E-state index in [1.54, 1.807) is 0 Å². The molecule has 0 unspecified atom stereocenters. The van der Waals surface area contributed by atoms with Crippen molar-refractivity contribution in [2.75, 3.05) is 5.32 Å². The van der Waals surface area contributed by atoms with Crippen molar-refractivity contribution in [2.45, 2.75) is 13.1 Å². The summed E-state index contributed by atoms with van der Waals surface area (Å²) >= 11 is 6.96. The summed E-state index contributed by atoms with van der Waals surface area (Å²) in [6.07, 6.45) is 0. The number of hydrogen-bond acceptors (Lipinski definition) is 2. The van der Waals surface area contributed by atoms with Gasteiger partial charge < -0.3 is 10.1 Å². The summed E-state index contributed by atoms with van der Waals surface area (Å²) in [7, 11) is -1.71. The molecule has 30 heavy (non-hydrogen) atoms. The van der Waals surface area contributed by atoms with E-state index >= 15 is 0 Å². The molecule has 1 N–H and O–H groups in total. The van der Waals surface area contributed by atoms with Crippen molar-refractivity contribution in [3.8, 4) is 22.6 Å². The Morgan fingerprint density at radius 1 is 0.733 bits per heavy atom. The van der Waals surface area contributed by atoms with E-state index in [9.17, 15) is 0 Å². The molecule has 1 heterocycles. The van der Waals surface area contributed by atoms with Crippen LogP contribution in [0.5, 0.6) is 11.5 Å². The first-order valence-corrected chi connectivity index (χ1v) is 13.4. The number of nitrogens with one attached hydrogen (secondary N) is 1. The lowest BCUT2D eigenvalue weighted by molar-refractivity contribution is 0.483. The molecule has 0 radical (unpaired) electrons. The topological polar surface area (TPSA) is 21.3 Å². The zero-order chi connectivity index (χ0) is 20.7. The first kappa shape index (κ1) is 19.0. The van der Waals surface area contributed by atoms with Gasteiger partial charge in [0.2, 0.25) is 0 Å². The van der Waals surface area contributed by atoms with Gasteiger partial charge in [-0.05, 0) is 46.3 Å². The molecule has 0 bridgehead atoms. The molecule has 4 aromatic carbocycles. The third kappa shape index (κ3) is 3.20. The van der Waals surface area contributed by atoms with Gasteiger partial charge in [-0.25, -0.2) is 0 Å². The average Bonchev–Trinajstić information content (AvgIpc) is 2.99. The molecule has 148 valence electrons. The van der Waals surface area contributed by atoms with E-state index < -0.39 is 8.07 Å². The molecule has 0 fully saturated rings. The van der Waals surface area contributed by atoms with Crippen LogP contribution < -0.4 is 20.4 Å². The monoisotopic (exact) mass is 427 g/mol. The molecule has 0 amide bonds. The van der Waals surface area contributed by atoms with E-state index in [1.165, 1.54) is 21.5 Å². The molecule has 1 aliphatic rings. The maximum absolute atomic E-state index is 6.96. The number of halogens is 1. The van der Waals surface area contributed by atoms with Gasteiger partial charge in [0.1, 0.15) is 19.6 Å². The Morgan fingerprint density at radius 3 is 2.30 bits per heavy atom. The van der Waals surface area contributed by atoms with E-state index in [0.29, 0.717) is 0 Å². The van der Waals surface area contributed by atoms with E-state index in [4.69, 9.17) is 16.3 Å². The normalized spacial score (nSPS) is 13.4. The fourth-order valence-corrected chi connectivity index (χ4v) is 7.73. The molecule has 4 aromatic rings. The highest BCUT2D eigenvalue weighted by Crippen LogP contribution is 2.39. The second kappa shape index (κ2) is 7.35. The summed E-state index contributed by atoms with van der Waals surface area (Å²) in [5.74, 6) is 1.59. The lowest BCUT2D eigenvalue weighted by atomic mass is 10.0. The molecule has 1 aliphatic heterocycles. The van der Waals surface area contributed by atoms with Crippen LogP contribution >= 0.6 is 11.6 Å². The van der Waals surface area contributed by atoms with E-state index in [-0.39, 0.29) is 0 Å². The predicted octanol–water partition coefficient (Wildman–Crippen LogP) is 6.68. The smallest absolute Gasteiger partial charge is 0.129 e. The second-order valence-corrected chi connectivity index (χ2v) is 12.8. The lowest BCUT2D eigenvalue weighted by Crippen LogP contribution is -2.49. The Balaban J connectivity index is 1.49. The number of ether oxygens (including phenoxy) is 1. The molecule has 2 nitrogen and oxygen atoms in total. The minimum Gasteiger partial charge on any atom is -0.457 e. The van der Waals surface area contributed by atoms with Gasteiger partial charge in [-0.1, -0.05) is 79.3 Å². The van der Waals surface area contributed by atoms with Gasteiger partial charge in [-0.15, -0.1) is 0 Å². The van der Waals surface area contributed by atoms with Crippen molar-refractivity contribution in [3.63, 3.8) is 0 Å². The molecule has 0 spiro atoms. The average molecular weight is 428 g/mol. The Bertz CT molecular complexity index is 1240. The number of para-hydroxylation sites is 1. The van der Waals surface area contributed by atoms with Crippen molar-refractivity contribution in [2.24, 2.45) is 0 Å². The SMILES string of the molecule is C[Si]1(C)c2ccccc2-c2c1ccc(Nc1cccc(Oc3ccccc3)c1)c2Cl. The molecule has 0 atom stereocenters.